The number of carbonyl (C=O) groups is 1. The molecule has 1 unspecified atom stereocenters. The molecule has 1 aliphatic heterocycles. The second-order valence-corrected chi connectivity index (χ2v) is 7.73. The molecule has 24 heavy (non-hydrogen) atoms. The van der Waals surface area contributed by atoms with E-state index in [0.29, 0.717) is 18.8 Å². The zero-order valence-electron chi connectivity index (χ0n) is 14.2. The molecule has 0 radical (unpaired) electrons. The molecule has 0 spiro atoms. The summed E-state index contributed by atoms with van der Waals surface area (Å²) in [6.45, 7) is 6.89. The van der Waals surface area contributed by atoms with Crippen molar-refractivity contribution < 1.29 is 14.6 Å². The van der Waals surface area contributed by atoms with Gasteiger partial charge in [0.05, 0.1) is 24.2 Å². The number of aromatic nitrogens is 1. The predicted octanol–water partition coefficient (Wildman–Crippen LogP) is 3.01. The molecule has 1 amide bonds. The van der Waals surface area contributed by atoms with Crippen molar-refractivity contribution in [1.29, 1.82) is 0 Å². The topological polar surface area (TPSA) is 62.7 Å². The summed E-state index contributed by atoms with van der Waals surface area (Å²) in [4.78, 5) is 19.2. The van der Waals surface area contributed by atoms with Gasteiger partial charge in [0.25, 0.3) is 5.91 Å². The Labute approximate surface area is 145 Å². The summed E-state index contributed by atoms with van der Waals surface area (Å²) in [6.07, 6.45) is 0. The van der Waals surface area contributed by atoms with E-state index < -0.39 is 6.04 Å². The van der Waals surface area contributed by atoms with E-state index in [1.807, 2.05) is 24.3 Å². The lowest BCUT2D eigenvalue weighted by molar-refractivity contribution is 0.0579. The Morgan fingerprint density at radius 1 is 1.42 bits per heavy atom. The minimum atomic E-state index is -0.420. The zero-order chi connectivity index (χ0) is 17.3. The first-order valence-corrected chi connectivity index (χ1v) is 8.89. The number of hydrogen-bond donors (Lipinski definition) is 1. The first kappa shape index (κ1) is 16.9. The number of para-hydroxylation sites is 1. The lowest BCUT2D eigenvalue weighted by Crippen LogP contribution is -2.38. The lowest BCUT2D eigenvalue weighted by Gasteiger charge is -2.28. The van der Waals surface area contributed by atoms with Gasteiger partial charge in [0.2, 0.25) is 0 Å². The van der Waals surface area contributed by atoms with Crippen molar-refractivity contribution in [1.82, 2.24) is 9.88 Å². The minimum absolute atomic E-state index is 0.0892. The lowest BCUT2D eigenvalue weighted by atomic mass is 9.98. The van der Waals surface area contributed by atoms with Crippen molar-refractivity contribution in [3.05, 3.63) is 45.9 Å². The highest BCUT2D eigenvalue weighted by Crippen LogP contribution is 2.33. The normalized spacial score (nSPS) is 17.8. The molecule has 1 N–H and O–H groups in total. The summed E-state index contributed by atoms with van der Waals surface area (Å²) in [5.74, 6) is 0.557. The van der Waals surface area contributed by atoms with Gasteiger partial charge in [0.15, 0.2) is 0 Å². The van der Waals surface area contributed by atoms with Crippen LogP contribution in [0.4, 0.5) is 0 Å². The highest BCUT2D eigenvalue weighted by molar-refractivity contribution is 7.10. The molecule has 6 heteroatoms. The number of amides is 1. The maximum atomic E-state index is 13.0. The van der Waals surface area contributed by atoms with E-state index in [2.05, 4.69) is 25.8 Å². The summed E-state index contributed by atoms with van der Waals surface area (Å²) >= 11 is 1.50. The molecule has 128 valence electrons. The Balaban J connectivity index is 1.93. The third kappa shape index (κ3) is 3.16. The number of aliphatic hydroxyl groups excluding tert-OH is 1. The monoisotopic (exact) mass is 346 g/mol. The van der Waals surface area contributed by atoms with Crippen LogP contribution in [-0.2, 0) is 5.41 Å². The number of carbonyl (C=O) groups excluding carboxylic acids is 1. The van der Waals surface area contributed by atoms with Gasteiger partial charge in [-0.1, -0.05) is 39.0 Å². The van der Waals surface area contributed by atoms with E-state index in [1.165, 1.54) is 11.3 Å². The average Bonchev–Trinajstić information content (AvgIpc) is 2.97. The van der Waals surface area contributed by atoms with Crippen LogP contribution in [0, 0.1) is 0 Å². The maximum absolute atomic E-state index is 13.0. The van der Waals surface area contributed by atoms with E-state index in [1.54, 1.807) is 10.3 Å². The van der Waals surface area contributed by atoms with Crippen LogP contribution in [0.15, 0.2) is 29.6 Å². The van der Waals surface area contributed by atoms with Crippen LogP contribution in [-0.4, -0.2) is 40.7 Å². The van der Waals surface area contributed by atoms with E-state index in [9.17, 15) is 9.90 Å². The zero-order valence-corrected chi connectivity index (χ0v) is 15.0. The standard InChI is InChI=1S/C18H22N2O3S/c1-18(2,3)17-19-13(11-24-17)16(22)20-8-9-23-15-7-5-4-6-12(15)14(20)10-21/h4-7,11,14,21H,8-10H2,1-3H3. The molecule has 0 saturated heterocycles. The van der Waals surface area contributed by atoms with Crippen molar-refractivity contribution >= 4 is 17.2 Å². The number of aliphatic hydroxyl groups is 1. The molecule has 5 nitrogen and oxygen atoms in total. The van der Waals surface area contributed by atoms with E-state index in [4.69, 9.17) is 4.74 Å². The summed E-state index contributed by atoms with van der Waals surface area (Å²) in [6, 6.07) is 7.12. The molecule has 1 atom stereocenters. The van der Waals surface area contributed by atoms with Gasteiger partial charge in [-0.2, -0.15) is 0 Å². The molecule has 2 heterocycles. The molecule has 0 fully saturated rings. The second kappa shape index (κ2) is 6.53. The number of thiazole rings is 1. The molecule has 0 saturated carbocycles. The number of rotatable bonds is 2. The third-order valence-electron chi connectivity index (χ3n) is 4.04. The van der Waals surface area contributed by atoms with Crippen LogP contribution in [0.2, 0.25) is 0 Å². The molecule has 2 aromatic rings. The van der Waals surface area contributed by atoms with Crippen LogP contribution in [0.25, 0.3) is 0 Å². The van der Waals surface area contributed by atoms with Gasteiger partial charge in [-0.05, 0) is 6.07 Å². The van der Waals surface area contributed by atoms with E-state index >= 15 is 0 Å². The molecule has 0 bridgehead atoms. The third-order valence-corrected chi connectivity index (χ3v) is 5.31. The number of benzene rings is 1. The molecular weight excluding hydrogens is 324 g/mol. The predicted molar refractivity (Wildman–Crippen MR) is 93.6 cm³/mol. The SMILES string of the molecule is CC(C)(C)c1nc(C(=O)N2CCOc3ccccc3C2CO)cs1. The fraction of sp³-hybridized carbons (Fsp3) is 0.444. The highest BCUT2D eigenvalue weighted by atomic mass is 32.1. The van der Waals surface area contributed by atoms with Crippen molar-refractivity contribution in [2.45, 2.75) is 32.2 Å². The first-order valence-electron chi connectivity index (χ1n) is 8.01. The van der Waals surface area contributed by atoms with E-state index in [0.717, 1.165) is 16.3 Å². The molecular formula is C18H22N2O3S. The van der Waals surface area contributed by atoms with Crippen molar-refractivity contribution in [2.24, 2.45) is 0 Å². The highest BCUT2D eigenvalue weighted by Gasteiger charge is 2.32. The maximum Gasteiger partial charge on any atom is 0.274 e. The molecule has 1 aromatic heterocycles. The van der Waals surface area contributed by atoms with Gasteiger partial charge >= 0.3 is 0 Å². The van der Waals surface area contributed by atoms with Crippen molar-refractivity contribution in [3.63, 3.8) is 0 Å². The smallest absolute Gasteiger partial charge is 0.274 e. The van der Waals surface area contributed by atoms with Gasteiger partial charge < -0.3 is 14.7 Å². The summed E-state index contributed by atoms with van der Waals surface area (Å²) in [7, 11) is 0. The van der Waals surface area contributed by atoms with Gasteiger partial charge in [-0.15, -0.1) is 11.3 Å². The summed E-state index contributed by atoms with van der Waals surface area (Å²) in [5, 5.41) is 12.6. The largest absolute Gasteiger partial charge is 0.491 e. The molecule has 0 aliphatic carbocycles. The van der Waals surface area contributed by atoms with Crippen LogP contribution in [0.3, 0.4) is 0 Å². The quantitative estimate of drug-likeness (QED) is 0.908. The Morgan fingerprint density at radius 3 is 2.83 bits per heavy atom. The Hall–Kier alpha value is -1.92. The van der Waals surface area contributed by atoms with Gasteiger partial charge in [-0.25, -0.2) is 4.98 Å². The van der Waals surface area contributed by atoms with Crippen LogP contribution in [0.5, 0.6) is 5.75 Å². The fourth-order valence-electron chi connectivity index (χ4n) is 2.77. The molecule has 1 aromatic carbocycles. The number of fused-ring (bicyclic) bond motifs is 1. The summed E-state index contributed by atoms with van der Waals surface area (Å²) in [5.41, 5.74) is 1.17. The van der Waals surface area contributed by atoms with Gasteiger partial charge in [0, 0.05) is 16.4 Å². The van der Waals surface area contributed by atoms with Crippen molar-refractivity contribution in [2.75, 3.05) is 19.8 Å². The molecule has 1 aliphatic rings. The molecule has 3 rings (SSSR count). The fourth-order valence-corrected chi connectivity index (χ4v) is 3.65. The Morgan fingerprint density at radius 2 is 2.17 bits per heavy atom. The second-order valence-electron chi connectivity index (χ2n) is 6.87. The number of nitrogens with zero attached hydrogens (tertiary/aromatic N) is 2. The van der Waals surface area contributed by atoms with Crippen LogP contribution < -0.4 is 4.74 Å². The summed E-state index contributed by atoms with van der Waals surface area (Å²) < 4.78 is 5.73. The Bertz CT molecular complexity index is 736. The van der Waals surface area contributed by atoms with E-state index in [-0.39, 0.29) is 17.9 Å². The van der Waals surface area contributed by atoms with Crippen LogP contribution in [0.1, 0.15) is 47.9 Å². The van der Waals surface area contributed by atoms with Crippen LogP contribution >= 0.6 is 11.3 Å². The van der Waals surface area contributed by atoms with Gasteiger partial charge in [0.1, 0.15) is 18.1 Å². The van der Waals surface area contributed by atoms with Gasteiger partial charge in [-0.3, -0.25) is 4.79 Å². The number of ether oxygens (including phenoxy) is 1. The number of hydrogen-bond acceptors (Lipinski definition) is 5. The first-order chi connectivity index (χ1) is 11.4. The average molecular weight is 346 g/mol. The Kier molecular flexibility index (Phi) is 4.60. The van der Waals surface area contributed by atoms with Crippen molar-refractivity contribution in [3.8, 4) is 5.75 Å². The minimum Gasteiger partial charge on any atom is -0.491 e.